The maximum Gasteiger partial charge on any atom is 0.329 e. The summed E-state index contributed by atoms with van der Waals surface area (Å²) in [6, 6.07) is 2.27. The summed E-state index contributed by atoms with van der Waals surface area (Å²) in [6.07, 6.45) is 7.24. The van der Waals surface area contributed by atoms with Crippen LogP contribution in [0.1, 0.15) is 62.9 Å². The van der Waals surface area contributed by atoms with Gasteiger partial charge < -0.3 is 14.5 Å². The van der Waals surface area contributed by atoms with Crippen molar-refractivity contribution in [3.63, 3.8) is 0 Å². The van der Waals surface area contributed by atoms with Crippen molar-refractivity contribution in [3.8, 4) is 0 Å². The van der Waals surface area contributed by atoms with Crippen molar-refractivity contribution >= 4 is 17.7 Å². The number of nitrogens with one attached hydrogen (secondary N) is 1. The number of carbonyl (C=O) groups is 3. The van der Waals surface area contributed by atoms with E-state index >= 15 is 0 Å². The van der Waals surface area contributed by atoms with Crippen LogP contribution in [-0.4, -0.2) is 29.8 Å². The summed E-state index contributed by atoms with van der Waals surface area (Å²) in [4.78, 5) is 37.5. The van der Waals surface area contributed by atoms with Crippen molar-refractivity contribution in [3.05, 3.63) is 24.2 Å². The van der Waals surface area contributed by atoms with Crippen LogP contribution in [0.4, 0.5) is 0 Å². The van der Waals surface area contributed by atoms with Gasteiger partial charge in [0.1, 0.15) is 6.04 Å². The molecule has 1 amide bonds. The molecule has 0 radical (unpaired) electrons. The van der Waals surface area contributed by atoms with E-state index in [9.17, 15) is 14.4 Å². The van der Waals surface area contributed by atoms with E-state index in [1.54, 1.807) is 19.9 Å². The number of hydrogen-bond donors (Lipinski definition) is 1. The van der Waals surface area contributed by atoms with Crippen LogP contribution in [0.3, 0.4) is 0 Å². The average molecular weight is 373 g/mol. The second-order valence-electron chi connectivity index (χ2n) is 8.81. The predicted octanol–water partition coefficient (Wildman–Crippen LogP) is 3.12. The van der Waals surface area contributed by atoms with E-state index in [1.807, 2.05) is 0 Å². The van der Waals surface area contributed by atoms with Gasteiger partial charge in [-0.05, 0) is 82.3 Å². The van der Waals surface area contributed by atoms with Crippen LogP contribution < -0.4 is 5.32 Å². The van der Waals surface area contributed by atoms with Crippen molar-refractivity contribution in [1.29, 1.82) is 0 Å². The van der Waals surface area contributed by atoms with Gasteiger partial charge >= 0.3 is 5.97 Å². The SMILES string of the molecule is C[C@H](OC(=O)[C@@H](C)NC(=O)c1ccco1)C(=O)C12CC3CC(CC(C3)C1)C2. The van der Waals surface area contributed by atoms with Crippen LogP contribution in [0, 0.1) is 23.2 Å². The number of ketones is 1. The lowest BCUT2D eigenvalue weighted by atomic mass is 9.48. The molecule has 0 saturated heterocycles. The number of Topliss-reactive ketones (excluding diaryl/α,β-unsaturated/α-hetero) is 1. The molecule has 4 aliphatic carbocycles. The lowest BCUT2D eigenvalue weighted by Crippen LogP contribution is -2.53. The van der Waals surface area contributed by atoms with Crippen LogP contribution >= 0.6 is 0 Å². The van der Waals surface area contributed by atoms with E-state index < -0.39 is 24.0 Å². The highest BCUT2D eigenvalue weighted by Gasteiger charge is 2.55. The summed E-state index contributed by atoms with van der Waals surface area (Å²) in [5.74, 6) is 1.11. The Bertz CT molecular complexity index is 702. The van der Waals surface area contributed by atoms with Gasteiger partial charge in [-0.2, -0.15) is 0 Å². The third-order valence-electron chi connectivity index (χ3n) is 6.67. The second kappa shape index (κ2) is 6.80. The number of rotatable bonds is 6. The van der Waals surface area contributed by atoms with E-state index in [4.69, 9.17) is 9.15 Å². The zero-order chi connectivity index (χ0) is 19.2. The smallest absolute Gasteiger partial charge is 0.329 e. The Hall–Kier alpha value is -2.11. The van der Waals surface area contributed by atoms with Crippen molar-refractivity contribution in [2.75, 3.05) is 0 Å². The number of carbonyl (C=O) groups excluding carboxylic acids is 3. The third-order valence-corrected chi connectivity index (χ3v) is 6.67. The zero-order valence-corrected chi connectivity index (χ0v) is 15.9. The molecule has 2 atom stereocenters. The lowest BCUT2D eigenvalue weighted by molar-refractivity contribution is -0.165. The Morgan fingerprint density at radius 2 is 1.70 bits per heavy atom. The molecule has 4 aliphatic rings. The van der Waals surface area contributed by atoms with Crippen LogP contribution in [0.5, 0.6) is 0 Å². The standard InChI is InChI=1S/C21H27NO5/c1-12(22-19(24)17-4-3-5-26-17)20(25)27-13(2)18(23)21-9-14-6-15(10-21)8-16(7-14)11-21/h3-5,12-16H,6-11H2,1-2H3,(H,22,24)/t12-,13+,14?,15?,16?,21?/m1/s1. The van der Waals surface area contributed by atoms with Gasteiger partial charge in [0.05, 0.1) is 6.26 Å². The Morgan fingerprint density at radius 3 is 2.22 bits per heavy atom. The van der Waals surface area contributed by atoms with E-state index in [-0.39, 0.29) is 17.0 Å². The molecule has 5 rings (SSSR count). The summed E-state index contributed by atoms with van der Waals surface area (Å²) in [7, 11) is 0. The number of ether oxygens (including phenoxy) is 1. The predicted molar refractivity (Wildman–Crippen MR) is 96.8 cm³/mol. The summed E-state index contributed by atoms with van der Waals surface area (Å²) in [5.41, 5.74) is -0.297. The lowest BCUT2D eigenvalue weighted by Gasteiger charge is -2.56. The molecule has 0 spiro atoms. The molecule has 6 heteroatoms. The maximum absolute atomic E-state index is 13.2. The van der Waals surface area contributed by atoms with E-state index in [0.29, 0.717) is 17.8 Å². The van der Waals surface area contributed by atoms with Crippen molar-refractivity contribution in [2.24, 2.45) is 23.2 Å². The van der Waals surface area contributed by atoms with Crippen LogP contribution in [0.25, 0.3) is 0 Å². The summed E-state index contributed by atoms with van der Waals surface area (Å²) in [5, 5.41) is 2.54. The molecule has 4 saturated carbocycles. The van der Waals surface area contributed by atoms with Crippen LogP contribution in [-0.2, 0) is 14.3 Å². The highest BCUT2D eigenvalue weighted by molar-refractivity contribution is 5.95. The maximum atomic E-state index is 13.2. The molecule has 27 heavy (non-hydrogen) atoms. The first-order chi connectivity index (χ1) is 12.9. The molecule has 4 fully saturated rings. The third kappa shape index (κ3) is 3.42. The first kappa shape index (κ1) is 18.3. The average Bonchev–Trinajstić information content (AvgIpc) is 3.14. The van der Waals surface area contributed by atoms with Gasteiger partial charge in [0, 0.05) is 5.41 Å². The van der Waals surface area contributed by atoms with E-state index in [2.05, 4.69) is 5.32 Å². The topological polar surface area (TPSA) is 85.6 Å². The first-order valence-electron chi connectivity index (χ1n) is 9.95. The Labute approximate surface area is 159 Å². The molecule has 0 aromatic carbocycles. The van der Waals surface area contributed by atoms with Crippen LogP contribution in [0.2, 0.25) is 0 Å². The highest BCUT2D eigenvalue weighted by Crippen LogP contribution is 2.60. The fourth-order valence-corrected chi connectivity index (χ4v) is 5.91. The minimum atomic E-state index is -0.853. The Balaban J connectivity index is 1.35. The van der Waals surface area contributed by atoms with Crippen molar-refractivity contribution in [2.45, 2.75) is 64.5 Å². The molecule has 6 nitrogen and oxygen atoms in total. The summed E-state index contributed by atoms with van der Waals surface area (Å²) in [6.45, 7) is 3.21. The van der Waals surface area contributed by atoms with Crippen molar-refractivity contribution in [1.82, 2.24) is 5.32 Å². The fraction of sp³-hybridized carbons (Fsp3) is 0.667. The van der Waals surface area contributed by atoms with Gasteiger partial charge in [-0.25, -0.2) is 4.79 Å². The zero-order valence-electron chi connectivity index (χ0n) is 15.9. The molecule has 4 bridgehead atoms. The number of amides is 1. The fourth-order valence-electron chi connectivity index (χ4n) is 5.91. The minimum absolute atomic E-state index is 0.0690. The first-order valence-corrected chi connectivity index (χ1v) is 9.95. The summed E-state index contributed by atoms with van der Waals surface area (Å²) < 4.78 is 10.5. The molecule has 1 aromatic rings. The molecule has 1 N–H and O–H groups in total. The van der Waals surface area contributed by atoms with E-state index in [1.165, 1.54) is 31.6 Å². The normalized spacial score (nSPS) is 33.3. The number of furan rings is 1. The molecule has 1 aromatic heterocycles. The van der Waals surface area contributed by atoms with E-state index in [0.717, 1.165) is 19.3 Å². The largest absolute Gasteiger partial charge is 0.459 e. The molecule has 0 unspecified atom stereocenters. The van der Waals surface area contributed by atoms with Gasteiger partial charge in [0.15, 0.2) is 17.6 Å². The molecular weight excluding hydrogens is 346 g/mol. The molecule has 1 heterocycles. The number of hydrogen-bond acceptors (Lipinski definition) is 5. The van der Waals surface area contributed by atoms with Crippen LogP contribution in [0.15, 0.2) is 22.8 Å². The monoisotopic (exact) mass is 373 g/mol. The molecule has 146 valence electrons. The Kier molecular flexibility index (Phi) is 4.60. The van der Waals surface area contributed by atoms with Crippen molar-refractivity contribution < 1.29 is 23.5 Å². The number of esters is 1. The molecular formula is C21H27NO5. The summed E-state index contributed by atoms with van der Waals surface area (Å²) >= 11 is 0. The highest BCUT2D eigenvalue weighted by atomic mass is 16.5. The quantitative estimate of drug-likeness (QED) is 0.775. The van der Waals surface area contributed by atoms with Gasteiger partial charge in [0.2, 0.25) is 0 Å². The Morgan fingerprint density at radius 1 is 1.11 bits per heavy atom. The molecule has 0 aliphatic heterocycles. The second-order valence-corrected chi connectivity index (χ2v) is 8.81. The van der Waals surface area contributed by atoms with Gasteiger partial charge in [-0.1, -0.05) is 0 Å². The van der Waals surface area contributed by atoms with Gasteiger partial charge in [-0.3, -0.25) is 9.59 Å². The minimum Gasteiger partial charge on any atom is -0.459 e. The van der Waals surface area contributed by atoms with Gasteiger partial charge in [0.25, 0.3) is 5.91 Å². The van der Waals surface area contributed by atoms with Gasteiger partial charge in [-0.15, -0.1) is 0 Å².